The zero-order chi connectivity index (χ0) is 18.5. The summed E-state index contributed by atoms with van der Waals surface area (Å²) in [6, 6.07) is 0.494. The third kappa shape index (κ3) is 2.85. The van der Waals surface area contributed by atoms with Crippen LogP contribution in [0.1, 0.15) is 29.8 Å². The third-order valence-corrected chi connectivity index (χ3v) is 7.16. The number of aromatic nitrogens is 1. The Bertz CT molecular complexity index is 814. The van der Waals surface area contributed by atoms with Gasteiger partial charge in [0.25, 0.3) is 5.91 Å². The Morgan fingerprint density at radius 3 is 2.56 bits per heavy atom. The van der Waals surface area contributed by atoms with Crippen LogP contribution in [0.5, 0.6) is 0 Å². The number of fused-ring (bicyclic) bond motifs is 1. The Hall–Kier alpha value is -1.87. The van der Waals surface area contributed by atoms with Crippen molar-refractivity contribution in [3.63, 3.8) is 0 Å². The number of carbonyl (C=O) groups excluding carboxylic acids is 1. The second-order valence-corrected chi connectivity index (χ2v) is 9.21. The van der Waals surface area contributed by atoms with Crippen molar-refractivity contribution in [3.8, 4) is 0 Å². The summed E-state index contributed by atoms with van der Waals surface area (Å²) in [6.07, 6.45) is 4.14. The number of hydrogen-bond donors (Lipinski definition) is 1. The summed E-state index contributed by atoms with van der Waals surface area (Å²) in [5.74, 6) is -1.20. The van der Waals surface area contributed by atoms with Crippen molar-refractivity contribution < 1.29 is 23.1 Å². The number of aryl methyl sites for hydroxylation is 1. The molecule has 2 aliphatic rings. The summed E-state index contributed by atoms with van der Waals surface area (Å²) in [7, 11) is 0.782. The largest absolute Gasteiger partial charge is 0.480 e. The van der Waals surface area contributed by atoms with Gasteiger partial charge in [0.2, 0.25) is 10.0 Å². The maximum Gasteiger partial charge on any atom is 0.326 e. The van der Waals surface area contributed by atoms with E-state index in [1.54, 1.807) is 7.05 Å². The quantitative estimate of drug-likeness (QED) is 0.838. The van der Waals surface area contributed by atoms with Gasteiger partial charge in [-0.05, 0) is 30.7 Å². The van der Waals surface area contributed by atoms with Crippen LogP contribution in [0, 0.1) is 11.8 Å². The van der Waals surface area contributed by atoms with E-state index in [-0.39, 0.29) is 22.4 Å². The number of hydrogen-bond acceptors (Lipinski definition) is 4. The van der Waals surface area contributed by atoms with E-state index in [4.69, 9.17) is 0 Å². The molecule has 138 valence electrons. The Morgan fingerprint density at radius 2 is 1.96 bits per heavy atom. The minimum absolute atomic E-state index is 0.00769. The summed E-state index contributed by atoms with van der Waals surface area (Å²) in [4.78, 5) is 26.1. The fourth-order valence-electron chi connectivity index (χ4n) is 4.08. The van der Waals surface area contributed by atoms with Crippen LogP contribution in [0.2, 0.25) is 0 Å². The monoisotopic (exact) mass is 369 g/mol. The van der Waals surface area contributed by atoms with Crippen molar-refractivity contribution in [1.29, 1.82) is 0 Å². The lowest BCUT2D eigenvalue weighted by molar-refractivity contribution is -0.142. The first kappa shape index (κ1) is 17.9. The number of carboxylic acids is 1. The summed E-state index contributed by atoms with van der Waals surface area (Å²) >= 11 is 0. The fraction of sp³-hybridized carbons (Fsp3) is 0.625. The van der Waals surface area contributed by atoms with Crippen LogP contribution in [-0.4, -0.2) is 65.9 Å². The van der Waals surface area contributed by atoms with Gasteiger partial charge in [0.1, 0.15) is 16.6 Å². The second kappa shape index (κ2) is 6.14. The molecule has 1 aromatic heterocycles. The first-order valence-electron chi connectivity index (χ1n) is 8.27. The molecule has 0 spiro atoms. The number of likely N-dealkylation sites (tertiary alicyclic amines) is 1. The van der Waals surface area contributed by atoms with Gasteiger partial charge in [0.05, 0.1) is 0 Å². The van der Waals surface area contributed by atoms with E-state index in [1.807, 2.05) is 0 Å². The number of carboxylic acid groups (broad SMARTS) is 1. The van der Waals surface area contributed by atoms with Gasteiger partial charge in [-0.25, -0.2) is 17.5 Å². The summed E-state index contributed by atoms with van der Waals surface area (Å²) in [5, 5.41) is 9.60. The molecule has 1 saturated carbocycles. The molecule has 1 aliphatic heterocycles. The van der Waals surface area contributed by atoms with E-state index in [9.17, 15) is 23.1 Å². The number of carbonyl (C=O) groups is 2. The predicted octanol–water partition coefficient (Wildman–Crippen LogP) is 0.601. The Balaban J connectivity index is 1.94. The fourth-order valence-corrected chi connectivity index (χ4v) is 5.05. The topological polar surface area (TPSA) is 99.9 Å². The molecular weight excluding hydrogens is 346 g/mol. The molecule has 1 aromatic rings. The lowest BCUT2D eigenvalue weighted by atomic mass is 9.94. The molecule has 2 fully saturated rings. The van der Waals surface area contributed by atoms with Crippen molar-refractivity contribution in [2.75, 3.05) is 20.6 Å². The zero-order valence-corrected chi connectivity index (χ0v) is 15.4. The number of aliphatic carboxylic acids is 1. The van der Waals surface area contributed by atoms with Crippen LogP contribution in [0.15, 0.2) is 17.2 Å². The van der Waals surface area contributed by atoms with Crippen LogP contribution in [-0.2, 0) is 21.9 Å². The van der Waals surface area contributed by atoms with Gasteiger partial charge >= 0.3 is 5.97 Å². The lowest BCUT2D eigenvalue weighted by Gasteiger charge is -2.24. The molecule has 3 unspecified atom stereocenters. The molecule has 1 amide bonds. The smallest absolute Gasteiger partial charge is 0.326 e. The summed E-state index contributed by atoms with van der Waals surface area (Å²) in [5.41, 5.74) is 0.187. The number of rotatable bonds is 4. The Labute approximate surface area is 147 Å². The van der Waals surface area contributed by atoms with Crippen molar-refractivity contribution in [2.45, 2.75) is 30.2 Å². The molecule has 0 bridgehead atoms. The molecule has 2 heterocycles. The third-order valence-electron chi connectivity index (χ3n) is 5.38. The number of amides is 1. The Kier molecular flexibility index (Phi) is 4.40. The molecule has 0 radical (unpaired) electrons. The van der Waals surface area contributed by atoms with Gasteiger partial charge in [-0.15, -0.1) is 0 Å². The standard InChI is InChI=1S/C16H23N3O5S/c1-17(2)25(23,24)11-7-13(18(3)9-11)15(20)19-8-10-5-4-6-12(10)14(19)16(21)22/h7,9-10,12,14H,4-6,8H2,1-3H3,(H,21,22). The highest BCUT2D eigenvalue weighted by atomic mass is 32.2. The van der Waals surface area contributed by atoms with Crippen LogP contribution in [0.25, 0.3) is 0 Å². The van der Waals surface area contributed by atoms with Crippen molar-refractivity contribution in [3.05, 3.63) is 18.0 Å². The second-order valence-electron chi connectivity index (χ2n) is 7.05. The molecule has 1 aliphatic carbocycles. The van der Waals surface area contributed by atoms with Gasteiger partial charge in [-0.1, -0.05) is 6.42 Å². The predicted molar refractivity (Wildman–Crippen MR) is 89.6 cm³/mol. The molecular formula is C16H23N3O5S. The van der Waals surface area contributed by atoms with Crippen LogP contribution in [0.4, 0.5) is 0 Å². The van der Waals surface area contributed by atoms with E-state index in [2.05, 4.69) is 0 Å². The SMILES string of the molecule is CN(C)S(=O)(=O)c1cc(C(=O)N2CC3CCCC3C2C(=O)O)n(C)c1. The van der Waals surface area contributed by atoms with Crippen LogP contribution < -0.4 is 0 Å². The highest BCUT2D eigenvalue weighted by Gasteiger charge is 2.50. The molecule has 0 aromatic carbocycles. The molecule has 3 atom stereocenters. The van der Waals surface area contributed by atoms with Gasteiger partial charge < -0.3 is 14.6 Å². The highest BCUT2D eigenvalue weighted by molar-refractivity contribution is 7.89. The maximum absolute atomic E-state index is 13.0. The van der Waals surface area contributed by atoms with Gasteiger partial charge in [0.15, 0.2) is 0 Å². The van der Waals surface area contributed by atoms with E-state index >= 15 is 0 Å². The molecule has 8 nitrogen and oxygen atoms in total. The first-order valence-corrected chi connectivity index (χ1v) is 9.71. The van der Waals surface area contributed by atoms with Gasteiger partial charge in [-0.2, -0.15) is 0 Å². The number of sulfonamides is 1. The summed E-state index contributed by atoms with van der Waals surface area (Å²) in [6.45, 7) is 0.418. The number of nitrogens with zero attached hydrogens (tertiary/aromatic N) is 3. The van der Waals surface area contributed by atoms with Crippen molar-refractivity contribution >= 4 is 21.9 Å². The van der Waals surface area contributed by atoms with Crippen molar-refractivity contribution in [1.82, 2.24) is 13.8 Å². The average Bonchev–Trinajstić information content (AvgIpc) is 3.18. The minimum atomic E-state index is -3.66. The highest BCUT2D eigenvalue weighted by Crippen LogP contribution is 2.42. The summed E-state index contributed by atoms with van der Waals surface area (Å²) < 4.78 is 27.1. The molecule has 9 heteroatoms. The van der Waals surface area contributed by atoms with Gasteiger partial charge in [-0.3, -0.25) is 4.79 Å². The maximum atomic E-state index is 13.0. The van der Waals surface area contributed by atoms with Crippen LogP contribution >= 0.6 is 0 Å². The van der Waals surface area contributed by atoms with Crippen molar-refractivity contribution in [2.24, 2.45) is 18.9 Å². The Morgan fingerprint density at radius 1 is 1.28 bits per heavy atom. The molecule has 1 N–H and O–H groups in total. The van der Waals surface area contributed by atoms with E-state index in [0.29, 0.717) is 6.54 Å². The van der Waals surface area contributed by atoms with Crippen LogP contribution in [0.3, 0.4) is 0 Å². The van der Waals surface area contributed by atoms with Gasteiger partial charge in [0, 0.05) is 33.9 Å². The molecule has 3 rings (SSSR count). The molecule has 25 heavy (non-hydrogen) atoms. The van der Waals surface area contributed by atoms with E-state index in [0.717, 1.165) is 23.6 Å². The normalized spacial score (nSPS) is 26.2. The van der Waals surface area contributed by atoms with E-state index in [1.165, 1.54) is 35.8 Å². The minimum Gasteiger partial charge on any atom is -0.480 e. The lowest BCUT2D eigenvalue weighted by Crippen LogP contribution is -2.43. The first-order chi connectivity index (χ1) is 11.6. The average molecular weight is 369 g/mol. The molecule has 1 saturated heterocycles. The van der Waals surface area contributed by atoms with E-state index < -0.39 is 27.9 Å². The zero-order valence-electron chi connectivity index (χ0n) is 14.5.